The minimum atomic E-state index is -0.0590. The molecule has 0 saturated carbocycles. The lowest BCUT2D eigenvalue weighted by Crippen LogP contribution is -2.42. The second-order valence-electron chi connectivity index (χ2n) is 5.53. The number of carbonyl (C=O) groups excluding carboxylic acids is 1. The van der Waals surface area contributed by atoms with E-state index in [2.05, 4.69) is 10.6 Å². The molecule has 0 radical (unpaired) electrons. The fourth-order valence-corrected chi connectivity index (χ4v) is 2.40. The van der Waals surface area contributed by atoms with E-state index in [1.54, 1.807) is 25.3 Å². The molecule has 1 fully saturated rings. The zero-order chi connectivity index (χ0) is 15.2. The molecular formula is C16H25ClN2O3. The highest BCUT2D eigenvalue weighted by atomic mass is 35.5. The zero-order valence-electron chi connectivity index (χ0n) is 13.3. The molecule has 1 aliphatic heterocycles. The van der Waals surface area contributed by atoms with Crippen molar-refractivity contribution in [2.24, 2.45) is 0 Å². The van der Waals surface area contributed by atoms with E-state index in [0.717, 1.165) is 25.9 Å². The van der Waals surface area contributed by atoms with Crippen molar-refractivity contribution in [3.63, 3.8) is 0 Å². The molecule has 2 rings (SSSR count). The van der Waals surface area contributed by atoms with E-state index < -0.39 is 0 Å². The number of rotatable bonds is 5. The second-order valence-corrected chi connectivity index (χ2v) is 5.53. The Hall–Kier alpha value is -1.46. The predicted molar refractivity (Wildman–Crippen MR) is 89.4 cm³/mol. The number of piperidine rings is 1. The van der Waals surface area contributed by atoms with Crippen molar-refractivity contribution in [2.45, 2.75) is 38.8 Å². The summed E-state index contributed by atoms with van der Waals surface area (Å²) >= 11 is 0. The summed E-state index contributed by atoms with van der Waals surface area (Å²) in [6.07, 6.45) is 2.00. The van der Waals surface area contributed by atoms with Crippen LogP contribution in [0.3, 0.4) is 0 Å². The van der Waals surface area contributed by atoms with Gasteiger partial charge in [0.05, 0.1) is 13.2 Å². The molecule has 0 bridgehead atoms. The topological polar surface area (TPSA) is 59.6 Å². The Labute approximate surface area is 138 Å². The number of methoxy groups -OCH3 is 1. The van der Waals surface area contributed by atoms with Gasteiger partial charge in [-0.1, -0.05) is 0 Å². The van der Waals surface area contributed by atoms with Crippen LogP contribution in [0.1, 0.15) is 37.0 Å². The summed E-state index contributed by atoms with van der Waals surface area (Å²) in [4.78, 5) is 12.3. The van der Waals surface area contributed by atoms with E-state index in [1.807, 2.05) is 13.8 Å². The molecule has 1 saturated heterocycles. The smallest absolute Gasteiger partial charge is 0.251 e. The van der Waals surface area contributed by atoms with E-state index >= 15 is 0 Å². The second kappa shape index (κ2) is 8.86. The SMILES string of the molecule is COc1cc(C(=O)NC2CCNCC2)ccc1OC(C)C.Cl. The zero-order valence-corrected chi connectivity index (χ0v) is 14.2. The number of hydrogen-bond acceptors (Lipinski definition) is 4. The average Bonchev–Trinajstić information content (AvgIpc) is 2.48. The molecule has 5 nitrogen and oxygen atoms in total. The maximum absolute atomic E-state index is 12.3. The molecule has 0 unspecified atom stereocenters. The maximum atomic E-state index is 12.3. The van der Waals surface area contributed by atoms with Crippen molar-refractivity contribution in [3.05, 3.63) is 23.8 Å². The number of halogens is 1. The van der Waals surface area contributed by atoms with E-state index in [1.165, 1.54) is 0 Å². The third-order valence-corrected chi connectivity index (χ3v) is 3.46. The lowest BCUT2D eigenvalue weighted by Gasteiger charge is -2.23. The molecule has 0 spiro atoms. The number of ether oxygens (including phenoxy) is 2. The molecule has 1 amide bonds. The molecule has 1 heterocycles. The summed E-state index contributed by atoms with van der Waals surface area (Å²) in [7, 11) is 1.58. The molecule has 2 N–H and O–H groups in total. The lowest BCUT2D eigenvalue weighted by molar-refractivity contribution is 0.0929. The van der Waals surface area contributed by atoms with Gasteiger partial charge < -0.3 is 20.1 Å². The van der Waals surface area contributed by atoms with Gasteiger partial charge in [-0.05, 0) is 58.0 Å². The minimum Gasteiger partial charge on any atom is -0.493 e. The van der Waals surface area contributed by atoms with Crippen LogP contribution in [0, 0.1) is 0 Å². The van der Waals surface area contributed by atoms with Gasteiger partial charge in [0.15, 0.2) is 11.5 Å². The van der Waals surface area contributed by atoms with E-state index in [0.29, 0.717) is 17.1 Å². The molecule has 1 aliphatic rings. The first-order valence-electron chi connectivity index (χ1n) is 7.46. The first kappa shape index (κ1) is 18.6. The Morgan fingerprint density at radius 1 is 1.27 bits per heavy atom. The summed E-state index contributed by atoms with van der Waals surface area (Å²) in [5, 5.41) is 6.36. The van der Waals surface area contributed by atoms with E-state index in [-0.39, 0.29) is 30.5 Å². The summed E-state index contributed by atoms with van der Waals surface area (Å²) in [5.74, 6) is 1.18. The van der Waals surface area contributed by atoms with Gasteiger partial charge in [-0.2, -0.15) is 0 Å². The minimum absolute atomic E-state index is 0. The fraction of sp³-hybridized carbons (Fsp3) is 0.562. The third-order valence-electron chi connectivity index (χ3n) is 3.46. The molecule has 6 heteroatoms. The third kappa shape index (κ3) is 5.07. The molecule has 1 aromatic carbocycles. The summed E-state index contributed by atoms with van der Waals surface area (Å²) in [6, 6.07) is 5.54. The Balaban J connectivity index is 0.00000242. The van der Waals surface area contributed by atoms with Crippen molar-refractivity contribution in [2.75, 3.05) is 20.2 Å². The highest BCUT2D eigenvalue weighted by Gasteiger charge is 2.17. The van der Waals surface area contributed by atoms with Crippen molar-refractivity contribution in [1.29, 1.82) is 0 Å². The van der Waals surface area contributed by atoms with Gasteiger partial charge in [0.2, 0.25) is 0 Å². The van der Waals surface area contributed by atoms with Crippen LogP contribution in [0.2, 0.25) is 0 Å². The fourth-order valence-electron chi connectivity index (χ4n) is 2.40. The van der Waals surface area contributed by atoms with Crippen LogP contribution in [0.15, 0.2) is 18.2 Å². The van der Waals surface area contributed by atoms with Crippen molar-refractivity contribution < 1.29 is 14.3 Å². The van der Waals surface area contributed by atoms with Crippen LogP contribution < -0.4 is 20.1 Å². The molecule has 22 heavy (non-hydrogen) atoms. The van der Waals surface area contributed by atoms with Crippen LogP contribution in [0.25, 0.3) is 0 Å². The van der Waals surface area contributed by atoms with Crippen molar-refractivity contribution in [1.82, 2.24) is 10.6 Å². The molecular weight excluding hydrogens is 304 g/mol. The van der Waals surface area contributed by atoms with Gasteiger partial charge in [0, 0.05) is 11.6 Å². The molecule has 0 aliphatic carbocycles. The Bertz CT molecular complexity index is 488. The monoisotopic (exact) mass is 328 g/mol. The van der Waals surface area contributed by atoms with Gasteiger partial charge in [-0.3, -0.25) is 4.79 Å². The quantitative estimate of drug-likeness (QED) is 0.871. The van der Waals surface area contributed by atoms with Gasteiger partial charge in [0.1, 0.15) is 0 Å². The Kier molecular flexibility index (Phi) is 7.48. The number of benzene rings is 1. The predicted octanol–water partition coefficient (Wildman–Crippen LogP) is 2.39. The molecule has 124 valence electrons. The summed E-state index contributed by atoms with van der Waals surface area (Å²) in [6.45, 7) is 5.82. The maximum Gasteiger partial charge on any atom is 0.251 e. The Morgan fingerprint density at radius 3 is 2.55 bits per heavy atom. The van der Waals surface area contributed by atoms with Crippen LogP contribution in [-0.4, -0.2) is 38.3 Å². The normalized spacial score (nSPS) is 15.1. The van der Waals surface area contributed by atoms with Gasteiger partial charge >= 0.3 is 0 Å². The highest BCUT2D eigenvalue weighted by Crippen LogP contribution is 2.29. The van der Waals surface area contributed by atoms with Crippen LogP contribution in [0.4, 0.5) is 0 Å². The number of carbonyl (C=O) groups is 1. The number of nitrogens with one attached hydrogen (secondary N) is 2. The molecule has 0 aromatic heterocycles. The van der Waals surface area contributed by atoms with E-state index in [9.17, 15) is 4.79 Å². The van der Waals surface area contributed by atoms with Crippen LogP contribution >= 0.6 is 12.4 Å². The van der Waals surface area contributed by atoms with E-state index in [4.69, 9.17) is 9.47 Å². The average molecular weight is 329 g/mol. The molecule has 1 aromatic rings. The lowest BCUT2D eigenvalue weighted by atomic mass is 10.1. The van der Waals surface area contributed by atoms with Gasteiger partial charge in [-0.15, -0.1) is 12.4 Å². The van der Waals surface area contributed by atoms with Crippen molar-refractivity contribution >= 4 is 18.3 Å². The van der Waals surface area contributed by atoms with Crippen LogP contribution in [0.5, 0.6) is 11.5 Å². The highest BCUT2D eigenvalue weighted by molar-refractivity contribution is 5.95. The summed E-state index contributed by atoms with van der Waals surface area (Å²) < 4.78 is 11.0. The number of hydrogen-bond donors (Lipinski definition) is 2. The van der Waals surface area contributed by atoms with Crippen LogP contribution in [-0.2, 0) is 0 Å². The Morgan fingerprint density at radius 2 is 1.95 bits per heavy atom. The number of amides is 1. The first-order chi connectivity index (χ1) is 10.1. The standard InChI is InChI=1S/C16H24N2O3.ClH/c1-11(2)21-14-5-4-12(10-15(14)20-3)16(19)18-13-6-8-17-9-7-13;/h4-5,10-11,13,17H,6-9H2,1-3H3,(H,18,19);1H. The molecule has 0 atom stereocenters. The summed E-state index contributed by atoms with van der Waals surface area (Å²) in [5.41, 5.74) is 0.599. The first-order valence-corrected chi connectivity index (χ1v) is 7.46. The van der Waals surface area contributed by atoms with Crippen molar-refractivity contribution in [3.8, 4) is 11.5 Å². The van der Waals surface area contributed by atoms with Gasteiger partial charge in [-0.25, -0.2) is 0 Å². The van der Waals surface area contributed by atoms with Gasteiger partial charge in [0.25, 0.3) is 5.91 Å². The largest absolute Gasteiger partial charge is 0.493 e.